The second kappa shape index (κ2) is 3.66. The van der Waals surface area contributed by atoms with Crippen molar-refractivity contribution in [3.63, 3.8) is 0 Å². The summed E-state index contributed by atoms with van der Waals surface area (Å²) < 4.78 is 13.8. The van der Waals surface area contributed by atoms with E-state index < -0.39 is 11.7 Å². The van der Waals surface area contributed by atoms with E-state index in [0.717, 1.165) is 0 Å². The third-order valence-corrected chi connectivity index (χ3v) is 2.67. The number of carbonyl (C=O) groups is 1. The number of hydrogen-bond donors (Lipinski definition) is 3. The highest BCUT2D eigenvalue weighted by Gasteiger charge is 2.17. The van der Waals surface area contributed by atoms with Gasteiger partial charge in [-0.15, -0.1) is 0 Å². The molecule has 6 nitrogen and oxygen atoms in total. The third-order valence-electron chi connectivity index (χ3n) is 2.67. The lowest BCUT2D eigenvalue weighted by molar-refractivity contribution is 0.0996. The molecule has 2 heterocycles. The van der Waals surface area contributed by atoms with Gasteiger partial charge in [-0.1, -0.05) is 0 Å². The van der Waals surface area contributed by atoms with Crippen LogP contribution >= 0.6 is 0 Å². The van der Waals surface area contributed by atoms with Crippen LogP contribution in [0.2, 0.25) is 0 Å². The Balaban J connectivity index is 2.25. The molecule has 4 N–H and O–H groups in total. The highest BCUT2D eigenvalue weighted by atomic mass is 19.1. The second-order valence-corrected chi connectivity index (χ2v) is 3.79. The molecule has 0 bridgehead atoms. The SMILES string of the molecule is NC(=O)c1n[nH]nc1-c1cc(F)c2[nH]ccc2c1. The molecular weight excluding hydrogens is 237 g/mol. The van der Waals surface area contributed by atoms with Gasteiger partial charge in [0.15, 0.2) is 5.69 Å². The van der Waals surface area contributed by atoms with Crippen molar-refractivity contribution in [3.8, 4) is 11.3 Å². The lowest BCUT2D eigenvalue weighted by Crippen LogP contribution is -2.12. The van der Waals surface area contributed by atoms with Crippen LogP contribution in [0, 0.1) is 5.82 Å². The molecule has 2 aromatic heterocycles. The van der Waals surface area contributed by atoms with E-state index in [9.17, 15) is 9.18 Å². The predicted octanol–water partition coefficient (Wildman–Crippen LogP) is 1.19. The van der Waals surface area contributed by atoms with Crippen LogP contribution in [0.25, 0.3) is 22.2 Å². The predicted molar refractivity (Wildman–Crippen MR) is 62.2 cm³/mol. The van der Waals surface area contributed by atoms with E-state index in [-0.39, 0.29) is 11.4 Å². The normalized spacial score (nSPS) is 10.9. The van der Waals surface area contributed by atoms with Gasteiger partial charge in [0, 0.05) is 17.1 Å². The molecule has 0 aliphatic heterocycles. The minimum atomic E-state index is -0.715. The van der Waals surface area contributed by atoms with Crippen molar-refractivity contribution in [2.75, 3.05) is 0 Å². The van der Waals surface area contributed by atoms with Crippen LogP contribution < -0.4 is 5.73 Å². The van der Waals surface area contributed by atoms with Crippen molar-refractivity contribution in [3.05, 3.63) is 35.9 Å². The van der Waals surface area contributed by atoms with Gasteiger partial charge >= 0.3 is 0 Å². The maximum absolute atomic E-state index is 13.8. The summed E-state index contributed by atoms with van der Waals surface area (Å²) in [4.78, 5) is 13.9. The van der Waals surface area contributed by atoms with Gasteiger partial charge < -0.3 is 10.7 Å². The number of aromatic nitrogens is 4. The van der Waals surface area contributed by atoms with Crippen LogP contribution in [0.3, 0.4) is 0 Å². The first kappa shape index (κ1) is 10.5. The van der Waals surface area contributed by atoms with Gasteiger partial charge in [0.1, 0.15) is 11.5 Å². The van der Waals surface area contributed by atoms with Gasteiger partial charge in [0.2, 0.25) is 0 Å². The van der Waals surface area contributed by atoms with Gasteiger partial charge in [-0.3, -0.25) is 4.79 Å². The maximum Gasteiger partial charge on any atom is 0.271 e. The average Bonchev–Trinajstić information content (AvgIpc) is 2.97. The lowest BCUT2D eigenvalue weighted by atomic mass is 10.1. The number of benzene rings is 1. The van der Waals surface area contributed by atoms with Crippen LogP contribution in [-0.4, -0.2) is 26.3 Å². The van der Waals surface area contributed by atoms with E-state index in [2.05, 4.69) is 20.4 Å². The van der Waals surface area contributed by atoms with Crippen molar-refractivity contribution in [2.24, 2.45) is 5.73 Å². The Labute approximate surface area is 100.0 Å². The summed E-state index contributed by atoms with van der Waals surface area (Å²) in [5.74, 6) is -1.14. The largest absolute Gasteiger partial charge is 0.364 e. The smallest absolute Gasteiger partial charge is 0.271 e. The van der Waals surface area contributed by atoms with E-state index in [0.29, 0.717) is 16.5 Å². The van der Waals surface area contributed by atoms with E-state index in [1.807, 2.05) is 0 Å². The molecule has 0 spiro atoms. The molecule has 0 unspecified atom stereocenters. The third kappa shape index (κ3) is 1.45. The molecule has 3 aromatic rings. The van der Waals surface area contributed by atoms with Gasteiger partial charge in [-0.2, -0.15) is 15.4 Å². The van der Waals surface area contributed by atoms with Crippen LogP contribution in [0.4, 0.5) is 4.39 Å². The monoisotopic (exact) mass is 245 g/mol. The molecule has 0 fully saturated rings. The summed E-state index contributed by atoms with van der Waals surface area (Å²) in [7, 11) is 0. The Morgan fingerprint density at radius 3 is 2.94 bits per heavy atom. The maximum atomic E-state index is 13.8. The Kier molecular flexibility index (Phi) is 2.12. The van der Waals surface area contributed by atoms with Crippen LogP contribution in [0.1, 0.15) is 10.5 Å². The molecule has 0 saturated heterocycles. The van der Waals surface area contributed by atoms with Gasteiger partial charge in [0.05, 0.1) is 5.52 Å². The molecule has 0 radical (unpaired) electrons. The quantitative estimate of drug-likeness (QED) is 0.632. The molecule has 90 valence electrons. The number of carbonyl (C=O) groups excluding carboxylic acids is 1. The second-order valence-electron chi connectivity index (χ2n) is 3.79. The molecule has 0 aliphatic rings. The fourth-order valence-corrected chi connectivity index (χ4v) is 1.87. The highest BCUT2D eigenvalue weighted by molar-refractivity contribution is 5.97. The fraction of sp³-hybridized carbons (Fsp3) is 0. The topological polar surface area (TPSA) is 100 Å². The number of primary amides is 1. The Bertz CT molecular complexity index is 745. The van der Waals surface area contributed by atoms with Crippen molar-refractivity contribution >= 4 is 16.8 Å². The Morgan fingerprint density at radius 1 is 1.33 bits per heavy atom. The highest BCUT2D eigenvalue weighted by Crippen LogP contribution is 2.26. The van der Waals surface area contributed by atoms with E-state index in [1.54, 1.807) is 18.3 Å². The number of nitrogens with one attached hydrogen (secondary N) is 2. The number of nitrogens with zero attached hydrogens (tertiary/aromatic N) is 2. The summed E-state index contributed by atoms with van der Waals surface area (Å²) in [6, 6.07) is 4.72. The van der Waals surface area contributed by atoms with Crippen molar-refractivity contribution < 1.29 is 9.18 Å². The molecule has 18 heavy (non-hydrogen) atoms. The van der Waals surface area contributed by atoms with Gasteiger partial charge in [-0.05, 0) is 18.2 Å². The number of hydrogen-bond acceptors (Lipinski definition) is 3. The summed E-state index contributed by atoms with van der Waals surface area (Å²) in [5.41, 5.74) is 6.25. The van der Waals surface area contributed by atoms with Crippen LogP contribution in [0.5, 0.6) is 0 Å². The molecule has 1 amide bonds. The van der Waals surface area contributed by atoms with Gasteiger partial charge in [0.25, 0.3) is 5.91 Å². The van der Waals surface area contributed by atoms with Crippen molar-refractivity contribution in [1.29, 1.82) is 0 Å². The molecule has 0 aliphatic carbocycles. The summed E-state index contributed by atoms with van der Waals surface area (Å²) in [5, 5.41) is 10.5. The minimum absolute atomic E-state index is 0.00992. The minimum Gasteiger partial charge on any atom is -0.364 e. The van der Waals surface area contributed by atoms with Crippen LogP contribution in [-0.2, 0) is 0 Å². The molecule has 0 atom stereocenters. The number of fused-ring (bicyclic) bond motifs is 1. The number of halogens is 1. The number of aromatic amines is 2. The number of rotatable bonds is 2. The van der Waals surface area contributed by atoms with Crippen molar-refractivity contribution in [1.82, 2.24) is 20.4 Å². The van der Waals surface area contributed by atoms with E-state index >= 15 is 0 Å². The number of amides is 1. The molecule has 3 rings (SSSR count). The Morgan fingerprint density at radius 2 is 2.17 bits per heavy atom. The van der Waals surface area contributed by atoms with E-state index in [1.165, 1.54) is 6.07 Å². The summed E-state index contributed by atoms with van der Waals surface area (Å²) in [6.45, 7) is 0. The van der Waals surface area contributed by atoms with Crippen molar-refractivity contribution in [2.45, 2.75) is 0 Å². The molecule has 1 aromatic carbocycles. The lowest BCUT2D eigenvalue weighted by Gasteiger charge is -2.00. The first-order valence-corrected chi connectivity index (χ1v) is 5.14. The van der Waals surface area contributed by atoms with Gasteiger partial charge in [-0.25, -0.2) is 4.39 Å². The zero-order chi connectivity index (χ0) is 12.7. The number of H-pyrrole nitrogens is 2. The summed E-state index contributed by atoms with van der Waals surface area (Å²) in [6.07, 6.45) is 1.63. The Hall–Kier alpha value is -2.70. The molecule has 7 heteroatoms. The zero-order valence-corrected chi connectivity index (χ0v) is 9.07. The van der Waals surface area contributed by atoms with E-state index in [4.69, 9.17) is 5.73 Å². The average molecular weight is 245 g/mol. The zero-order valence-electron chi connectivity index (χ0n) is 9.07. The summed E-state index contributed by atoms with van der Waals surface area (Å²) >= 11 is 0. The first-order chi connectivity index (χ1) is 8.66. The molecule has 0 saturated carbocycles. The fourth-order valence-electron chi connectivity index (χ4n) is 1.87. The molecular formula is C11H8FN5O. The van der Waals surface area contributed by atoms with Crippen LogP contribution in [0.15, 0.2) is 24.4 Å². The standard InChI is InChI=1S/C11H8FN5O/c12-7-4-6(3-5-1-2-14-8(5)7)9-10(11(13)18)16-17-15-9/h1-4,14H,(H2,13,18)(H,15,16,17). The number of nitrogens with two attached hydrogens (primary N) is 1. The first-order valence-electron chi connectivity index (χ1n) is 5.14.